The minimum atomic E-state index is 0.746. The van der Waals surface area contributed by atoms with Crippen LogP contribution in [0.2, 0.25) is 0 Å². The third-order valence-corrected chi connectivity index (χ3v) is 3.09. The summed E-state index contributed by atoms with van der Waals surface area (Å²) < 4.78 is 0. The fourth-order valence-corrected chi connectivity index (χ4v) is 2.03. The lowest BCUT2D eigenvalue weighted by Gasteiger charge is -2.06. The Bertz CT molecular complexity index is 549. The van der Waals surface area contributed by atoms with Gasteiger partial charge in [0, 0.05) is 17.1 Å². The number of nitrogens with zero attached hydrogens (tertiary/aromatic N) is 3. The van der Waals surface area contributed by atoms with Gasteiger partial charge in [-0.05, 0) is 44.4 Å². The predicted molar refractivity (Wildman–Crippen MR) is 78.0 cm³/mol. The third-order valence-electron chi connectivity index (χ3n) is 3.09. The van der Waals surface area contributed by atoms with Crippen molar-refractivity contribution in [3.05, 3.63) is 41.3 Å². The zero-order valence-corrected chi connectivity index (χ0v) is 12.0. The number of aryl methyl sites for hydroxylation is 3. The molecule has 0 saturated heterocycles. The summed E-state index contributed by atoms with van der Waals surface area (Å²) in [5.74, 6) is 0.746. The summed E-state index contributed by atoms with van der Waals surface area (Å²) >= 11 is 0. The highest BCUT2D eigenvalue weighted by molar-refractivity contribution is 5.49. The van der Waals surface area contributed by atoms with Crippen molar-refractivity contribution in [1.82, 2.24) is 15.0 Å². The standard InChI is InChI=1S/C16H21N3/c1-4-6-8-14-9-7-10-15(18-14)16-17-12(3)11-13(5-2)19-16/h7,9-11H,4-6,8H2,1-3H3. The number of hydrogen-bond donors (Lipinski definition) is 0. The van der Waals surface area contributed by atoms with Gasteiger partial charge in [-0.3, -0.25) is 0 Å². The smallest absolute Gasteiger partial charge is 0.178 e. The maximum Gasteiger partial charge on any atom is 0.178 e. The molecule has 2 rings (SSSR count). The summed E-state index contributed by atoms with van der Waals surface area (Å²) in [6, 6.07) is 8.15. The lowest BCUT2D eigenvalue weighted by atomic mass is 10.2. The minimum absolute atomic E-state index is 0.746. The lowest BCUT2D eigenvalue weighted by molar-refractivity contribution is 0.777. The Morgan fingerprint density at radius 2 is 1.84 bits per heavy atom. The van der Waals surface area contributed by atoms with Gasteiger partial charge in [0.15, 0.2) is 5.82 Å². The first-order chi connectivity index (χ1) is 9.22. The first-order valence-electron chi connectivity index (χ1n) is 7.03. The van der Waals surface area contributed by atoms with Crippen molar-refractivity contribution in [3.8, 4) is 11.5 Å². The fraction of sp³-hybridized carbons (Fsp3) is 0.438. The van der Waals surface area contributed by atoms with Crippen molar-refractivity contribution in [2.24, 2.45) is 0 Å². The summed E-state index contributed by atoms with van der Waals surface area (Å²) in [4.78, 5) is 13.7. The molecule has 19 heavy (non-hydrogen) atoms. The number of pyridine rings is 1. The normalized spacial score (nSPS) is 10.7. The van der Waals surface area contributed by atoms with E-state index in [1.807, 2.05) is 25.1 Å². The highest BCUT2D eigenvalue weighted by Crippen LogP contribution is 2.15. The molecule has 2 aromatic rings. The van der Waals surface area contributed by atoms with Gasteiger partial charge in [-0.1, -0.05) is 26.3 Å². The minimum Gasteiger partial charge on any atom is -0.249 e. The molecule has 0 saturated carbocycles. The van der Waals surface area contributed by atoms with E-state index in [4.69, 9.17) is 0 Å². The van der Waals surface area contributed by atoms with Crippen LogP contribution in [0.15, 0.2) is 24.3 Å². The van der Waals surface area contributed by atoms with Crippen LogP contribution in [-0.2, 0) is 12.8 Å². The number of hydrogen-bond acceptors (Lipinski definition) is 3. The van der Waals surface area contributed by atoms with Crippen molar-refractivity contribution in [3.63, 3.8) is 0 Å². The molecule has 0 unspecified atom stereocenters. The van der Waals surface area contributed by atoms with Crippen molar-refractivity contribution >= 4 is 0 Å². The Morgan fingerprint density at radius 1 is 1.00 bits per heavy atom. The van der Waals surface area contributed by atoms with E-state index in [9.17, 15) is 0 Å². The molecule has 0 aliphatic heterocycles. The van der Waals surface area contributed by atoms with Gasteiger partial charge in [-0.2, -0.15) is 0 Å². The summed E-state index contributed by atoms with van der Waals surface area (Å²) in [6.07, 6.45) is 4.31. The largest absolute Gasteiger partial charge is 0.249 e. The van der Waals surface area contributed by atoms with Crippen LogP contribution in [0, 0.1) is 6.92 Å². The molecule has 0 N–H and O–H groups in total. The Labute approximate surface area is 115 Å². The highest BCUT2D eigenvalue weighted by Gasteiger charge is 2.06. The van der Waals surface area contributed by atoms with Crippen molar-refractivity contribution in [2.75, 3.05) is 0 Å². The Hall–Kier alpha value is -1.77. The van der Waals surface area contributed by atoms with Gasteiger partial charge in [0.25, 0.3) is 0 Å². The van der Waals surface area contributed by atoms with Gasteiger partial charge in [-0.15, -0.1) is 0 Å². The van der Waals surface area contributed by atoms with Crippen LogP contribution >= 0.6 is 0 Å². The van der Waals surface area contributed by atoms with E-state index in [1.54, 1.807) is 0 Å². The molecule has 2 heterocycles. The van der Waals surface area contributed by atoms with Gasteiger partial charge in [0.1, 0.15) is 5.69 Å². The van der Waals surface area contributed by atoms with Gasteiger partial charge < -0.3 is 0 Å². The third kappa shape index (κ3) is 3.60. The van der Waals surface area contributed by atoms with Crippen molar-refractivity contribution in [1.29, 1.82) is 0 Å². The van der Waals surface area contributed by atoms with Gasteiger partial charge >= 0.3 is 0 Å². The Balaban J connectivity index is 2.32. The number of aromatic nitrogens is 3. The van der Waals surface area contributed by atoms with Crippen LogP contribution in [0.3, 0.4) is 0 Å². The molecule has 0 radical (unpaired) electrons. The maximum atomic E-state index is 4.67. The van der Waals surface area contributed by atoms with E-state index in [1.165, 1.54) is 12.8 Å². The topological polar surface area (TPSA) is 38.7 Å². The molecular formula is C16H21N3. The molecule has 3 nitrogen and oxygen atoms in total. The quantitative estimate of drug-likeness (QED) is 0.816. The molecule has 3 heteroatoms. The maximum absolute atomic E-state index is 4.67. The number of rotatable bonds is 5. The second kappa shape index (κ2) is 6.41. The van der Waals surface area contributed by atoms with E-state index in [-0.39, 0.29) is 0 Å². The van der Waals surface area contributed by atoms with Crippen LogP contribution in [-0.4, -0.2) is 15.0 Å². The molecule has 2 aromatic heterocycles. The van der Waals surface area contributed by atoms with E-state index in [0.717, 1.165) is 41.4 Å². The summed E-state index contributed by atoms with van der Waals surface area (Å²) in [6.45, 7) is 6.31. The molecule has 0 aliphatic rings. The Kier molecular flexibility index (Phi) is 4.61. The molecule has 0 bridgehead atoms. The summed E-state index contributed by atoms with van der Waals surface area (Å²) in [5.41, 5.74) is 4.08. The zero-order valence-electron chi connectivity index (χ0n) is 12.0. The molecule has 0 aliphatic carbocycles. The highest BCUT2D eigenvalue weighted by atomic mass is 14.9. The van der Waals surface area contributed by atoms with Gasteiger partial charge in [-0.25, -0.2) is 15.0 Å². The first-order valence-corrected chi connectivity index (χ1v) is 7.03. The van der Waals surface area contributed by atoms with Crippen LogP contribution < -0.4 is 0 Å². The predicted octanol–water partition coefficient (Wildman–Crippen LogP) is 3.75. The van der Waals surface area contributed by atoms with Gasteiger partial charge in [0.05, 0.1) is 0 Å². The van der Waals surface area contributed by atoms with Crippen LogP contribution in [0.5, 0.6) is 0 Å². The number of unbranched alkanes of at least 4 members (excludes halogenated alkanes) is 1. The van der Waals surface area contributed by atoms with E-state index in [0.29, 0.717) is 0 Å². The second-order valence-electron chi connectivity index (χ2n) is 4.80. The van der Waals surface area contributed by atoms with E-state index >= 15 is 0 Å². The molecule has 0 fully saturated rings. The van der Waals surface area contributed by atoms with Crippen molar-refractivity contribution < 1.29 is 0 Å². The summed E-state index contributed by atoms with van der Waals surface area (Å²) in [5, 5.41) is 0. The molecule has 0 atom stereocenters. The zero-order chi connectivity index (χ0) is 13.7. The van der Waals surface area contributed by atoms with E-state index < -0.39 is 0 Å². The van der Waals surface area contributed by atoms with Crippen LogP contribution in [0.25, 0.3) is 11.5 Å². The SMILES string of the molecule is CCCCc1cccc(-c2nc(C)cc(CC)n2)n1. The van der Waals surface area contributed by atoms with Crippen LogP contribution in [0.4, 0.5) is 0 Å². The molecule has 100 valence electrons. The van der Waals surface area contributed by atoms with Gasteiger partial charge in [0.2, 0.25) is 0 Å². The first kappa shape index (κ1) is 13.7. The molecule has 0 amide bonds. The van der Waals surface area contributed by atoms with E-state index in [2.05, 4.69) is 34.9 Å². The molecular weight excluding hydrogens is 234 g/mol. The Morgan fingerprint density at radius 3 is 2.58 bits per heavy atom. The fourth-order valence-electron chi connectivity index (χ4n) is 2.03. The monoisotopic (exact) mass is 255 g/mol. The average molecular weight is 255 g/mol. The summed E-state index contributed by atoms with van der Waals surface area (Å²) in [7, 11) is 0. The average Bonchev–Trinajstić information content (AvgIpc) is 2.44. The van der Waals surface area contributed by atoms with Crippen LogP contribution in [0.1, 0.15) is 43.8 Å². The van der Waals surface area contributed by atoms with Crippen molar-refractivity contribution in [2.45, 2.75) is 46.5 Å². The lowest BCUT2D eigenvalue weighted by Crippen LogP contribution is -2.00. The molecule has 0 spiro atoms. The molecule has 0 aromatic carbocycles. The second-order valence-corrected chi connectivity index (χ2v) is 4.80.